The number of ether oxygens (including phenoxy) is 1. The number of carbonyl (C=O) groups is 1. The van der Waals surface area contributed by atoms with Gasteiger partial charge in [-0.15, -0.1) is 18.0 Å². The van der Waals surface area contributed by atoms with Gasteiger partial charge in [-0.3, -0.25) is 4.79 Å². The van der Waals surface area contributed by atoms with Crippen molar-refractivity contribution < 1.29 is 13.9 Å². The molecule has 0 bridgehead atoms. The van der Waals surface area contributed by atoms with Crippen LogP contribution in [0.4, 0.5) is 4.39 Å². The first-order valence-corrected chi connectivity index (χ1v) is 7.36. The summed E-state index contributed by atoms with van der Waals surface area (Å²) in [6, 6.07) is 4.00. The summed E-state index contributed by atoms with van der Waals surface area (Å²) in [5, 5.41) is 2.80. The summed E-state index contributed by atoms with van der Waals surface area (Å²) < 4.78 is 18.8. The van der Waals surface area contributed by atoms with Gasteiger partial charge in [0.1, 0.15) is 6.61 Å². The maximum absolute atomic E-state index is 13.8. The van der Waals surface area contributed by atoms with E-state index in [0.717, 1.165) is 31.7 Å². The molecule has 5 heteroatoms. The molecule has 1 saturated carbocycles. The summed E-state index contributed by atoms with van der Waals surface area (Å²) in [6.45, 7) is -0.0154. The van der Waals surface area contributed by atoms with Crippen molar-refractivity contribution in [1.82, 2.24) is 5.32 Å². The van der Waals surface area contributed by atoms with Crippen LogP contribution in [-0.2, 0) is 0 Å². The fraction of sp³-hybridized carbons (Fsp3) is 0.438. The van der Waals surface area contributed by atoms with Crippen molar-refractivity contribution in [2.45, 2.75) is 37.1 Å². The molecule has 2 atom stereocenters. The van der Waals surface area contributed by atoms with E-state index in [2.05, 4.69) is 11.2 Å². The molecule has 3 nitrogen and oxygen atoms in total. The summed E-state index contributed by atoms with van der Waals surface area (Å²) in [7, 11) is 0. The Morgan fingerprint density at radius 1 is 1.48 bits per heavy atom. The van der Waals surface area contributed by atoms with Gasteiger partial charge in [0.2, 0.25) is 0 Å². The first-order chi connectivity index (χ1) is 10.1. The minimum atomic E-state index is -0.607. The lowest BCUT2D eigenvalue weighted by atomic mass is 9.94. The second kappa shape index (κ2) is 7.33. The summed E-state index contributed by atoms with van der Waals surface area (Å²) in [5.41, 5.74) is 0.245. The van der Waals surface area contributed by atoms with E-state index in [0.29, 0.717) is 0 Å². The van der Waals surface area contributed by atoms with Crippen LogP contribution < -0.4 is 10.1 Å². The van der Waals surface area contributed by atoms with Crippen molar-refractivity contribution in [3.8, 4) is 18.1 Å². The molecule has 21 heavy (non-hydrogen) atoms. The highest BCUT2D eigenvalue weighted by molar-refractivity contribution is 6.21. The molecule has 112 valence electrons. The van der Waals surface area contributed by atoms with Crippen LogP contribution in [0.1, 0.15) is 36.0 Å². The highest BCUT2D eigenvalue weighted by Crippen LogP contribution is 2.24. The molecule has 0 aromatic heterocycles. The second-order valence-electron chi connectivity index (χ2n) is 5.02. The molecule has 0 heterocycles. The monoisotopic (exact) mass is 309 g/mol. The van der Waals surface area contributed by atoms with Gasteiger partial charge >= 0.3 is 0 Å². The molecule has 1 aliphatic rings. The Morgan fingerprint density at radius 3 is 2.90 bits per heavy atom. The van der Waals surface area contributed by atoms with Gasteiger partial charge < -0.3 is 10.1 Å². The van der Waals surface area contributed by atoms with Gasteiger partial charge in [-0.2, -0.15) is 0 Å². The summed E-state index contributed by atoms with van der Waals surface area (Å²) in [5.74, 6) is 1.36. The van der Waals surface area contributed by atoms with E-state index in [1.165, 1.54) is 12.1 Å². The zero-order valence-electron chi connectivity index (χ0n) is 11.6. The number of terminal acetylenes is 1. The van der Waals surface area contributed by atoms with Gasteiger partial charge in [0.05, 0.1) is 5.38 Å². The van der Waals surface area contributed by atoms with Crippen LogP contribution in [0.5, 0.6) is 5.75 Å². The standard InChI is InChI=1S/C16H17ClFNO2/c1-2-9-21-15-8-7-11(10-13(15)18)16(20)19-14-6-4-3-5-12(14)17/h1,7-8,10,12,14H,3-6,9H2,(H,19,20). The lowest BCUT2D eigenvalue weighted by Crippen LogP contribution is -2.42. The van der Waals surface area contributed by atoms with Crippen molar-refractivity contribution in [2.75, 3.05) is 6.61 Å². The zero-order chi connectivity index (χ0) is 15.2. The average molecular weight is 310 g/mol. The van der Waals surface area contributed by atoms with E-state index in [9.17, 15) is 9.18 Å². The van der Waals surface area contributed by atoms with E-state index >= 15 is 0 Å². The molecule has 1 aliphatic carbocycles. The molecule has 1 aromatic carbocycles. The normalized spacial score (nSPS) is 21.4. The molecule has 1 aromatic rings. The Labute approximate surface area is 128 Å². The fourth-order valence-corrected chi connectivity index (χ4v) is 2.72. The molecule has 2 unspecified atom stereocenters. The topological polar surface area (TPSA) is 38.3 Å². The fourth-order valence-electron chi connectivity index (χ4n) is 2.38. The van der Waals surface area contributed by atoms with Gasteiger partial charge in [-0.1, -0.05) is 18.8 Å². The Morgan fingerprint density at radius 2 is 2.24 bits per heavy atom. The first-order valence-electron chi connectivity index (χ1n) is 6.92. The predicted octanol–water partition coefficient (Wildman–Crippen LogP) is 3.12. The number of nitrogens with one attached hydrogen (secondary N) is 1. The predicted molar refractivity (Wildman–Crippen MR) is 80.1 cm³/mol. The number of hydrogen-bond acceptors (Lipinski definition) is 2. The van der Waals surface area contributed by atoms with Crippen LogP contribution in [0.15, 0.2) is 18.2 Å². The smallest absolute Gasteiger partial charge is 0.251 e. The number of amides is 1. The van der Waals surface area contributed by atoms with E-state index in [1.807, 2.05) is 0 Å². The van der Waals surface area contributed by atoms with Crippen LogP contribution in [-0.4, -0.2) is 23.9 Å². The van der Waals surface area contributed by atoms with Crippen LogP contribution in [0, 0.1) is 18.2 Å². The second-order valence-corrected chi connectivity index (χ2v) is 5.58. The molecule has 1 N–H and O–H groups in total. The Balaban J connectivity index is 2.02. The quantitative estimate of drug-likeness (QED) is 0.685. The number of hydrogen-bond donors (Lipinski definition) is 1. The third-order valence-corrected chi connectivity index (χ3v) is 4.03. The van der Waals surface area contributed by atoms with Gasteiger partial charge in [-0.25, -0.2) is 4.39 Å². The van der Waals surface area contributed by atoms with Crippen molar-refractivity contribution in [3.05, 3.63) is 29.6 Å². The van der Waals surface area contributed by atoms with Crippen LogP contribution in [0.25, 0.3) is 0 Å². The molecule has 1 fully saturated rings. The lowest BCUT2D eigenvalue weighted by Gasteiger charge is -2.27. The number of carbonyl (C=O) groups excluding carboxylic acids is 1. The zero-order valence-corrected chi connectivity index (χ0v) is 12.3. The van der Waals surface area contributed by atoms with E-state index in [4.69, 9.17) is 22.8 Å². The molecule has 2 rings (SSSR count). The van der Waals surface area contributed by atoms with Crippen LogP contribution in [0.2, 0.25) is 0 Å². The molecular weight excluding hydrogens is 293 g/mol. The molecular formula is C16H17ClFNO2. The molecule has 0 saturated heterocycles. The van der Waals surface area contributed by atoms with E-state index < -0.39 is 5.82 Å². The largest absolute Gasteiger partial charge is 0.478 e. The van der Waals surface area contributed by atoms with Crippen LogP contribution in [0.3, 0.4) is 0 Å². The van der Waals surface area contributed by atoms with Crippen molar-refractivity contribution in [2.24, 2.45) is 0 Å². The number of alkyl halides is 1. The van der Waals surface area contributed by atoms with Gasteiger partial charge in [0.15, 0.2) is 11.6 Å². The highest BCUT2D eigenvalue weighted by atomic mass is 35.5. The maximum Gasteiger partial charge on any atom is 0.251 e. The van der Waals surface area contributed by atoms with E-state index in [1.54, 1.807) is 0 Å². The lowest BCUT2D eigenvalue weighted by molar-refractivity contribution is 0.0928. The number of halogens is 2. The van der Waals surface area contributed by atoms with Gasteiger partial charge in [0.25, 0.3) is 5.91 Å². The minimum absolute atomic E-state index is 0.0154. The maximum atomic E-state index is 13.8. The summed E-state index contributed by atoms with van der Waals surface area (Å²) >= 11 is 6.20. The molecule has 0 aliphatic heterocycles. The highest BCUT2D eigenvalue weighted by Gasteiger charge is 2.25. The molecule has 0 spiro atoms. The van der Waals surface area contributed by atoms with Gasteiger partial charge in [-0.05, 0) is 31.0 Å². The van der Waals surface area contributed by atoms with E-state index in [-0.39, 0.29) is 35.2 Å². The van der Waals surface area contributed by atoms with Crippen molar-refractivity contribution in [1.29, 1.82) is 0 Å². The Bertz CT molecular complexity index is 556. The van der Waals surface area contributed by atoms with Crippen molar-refractivity contribution >= 4 is 17.5 Å². The Kier molecular flexibility index (Phi) is 5.46. The first kappa shape index (κ1) is 15.7. The van der Waals surface area contributed by atoms with Gasteiger partial charge in [0, 0.05) is 11.6 Å². The third kappa shape index (κ3) is 4.12. The summed E-state index contributed by atoms with van der Waals surface area (Å²) in [6.07, 6.45) is 8.91. The van der Waals surface area contributed by atoms with Crippen molar-refractivity contribution in [3.63, 3.8) is 0 Å². The minimum Gasteiger partial charge on any atom is -0.478 e. The molecule has 1 amide bonds. The average Bonchev–Trinajstić information content (AvgIpc) is 2.48. The molecule has 0 radical (unpaired) electrons. The van der Waals surface area contributed by atoms with Crippen LogP contribution >= 0.6 is 11.6 Å². The number of rotatable bonds is 4. The third-order valence-electron chi connectivity index (χ3n) is 3.50. The Hall–Kier alpha value is -1.73. The SMILES string of the molecule is C#CCOc1ccc(C(=O)NC2CCCCC2Cl)cc1F. The number of benzene rings is 1. The summed E-state index contributed by atoms with van der Waals surface area (Å²) in [4.78, 5) is 12.1.